The average Bonchev–Trinajstić information content (AvgIpc) is 3.58. The number of hydrogen-bond donors (Lipinski definition) is 0. The highest BCUT2D eigenvalue weighted by Crippen LogP contribution is 2.51. The second-order valence-electron chi connectivity index (χ2n) is 12.7. The first kappa shape index (κ1) is 28.7. The molecule has 0 saturated carbocycles. The molecule has 2 heterocycles. The molecule has 0 N–H and O–H groups in total. The maximum Gasteiger partial charge on any atom is 0.0789 e. The number of thiophene rings is 1. The Hall–Kier alpha value is -6.29. The van der Waals surface area contributed by atoms with Gasteiger partial charge in [0.25, 0.3) is 0 Å². The van der Waals surface area contributed by atoms with Crippen molar-refractivity contribution in [3.05, 3.63) is 182 Å². The normalized spacial score (nSPS) is 11.6. The van der Waals surface area contributed by atoms with E-state index in [0.717, 1.165) is 39.2 Å². The zero-order valence-electron chi connectivity index (χ0n) is 27.1. The highest BCUT2D eigenvalue weighted by Gasteiger charge is 2.24. The Balaban J connectivity index is 1.37. The topological polar surface area (TPSA) is 16.1 Å². The van der Waals surface area contributed by atoms with Crippen LogP contribution in [0.4, 0.5) is 17.1 Å². The van der Waals surface area contributed by atoms with Crippen molar-refractivity contribution in [1.29, 1.82) is 0 Å². The summed E-state index contributed by atoms with van der Waals surface area (Å²) in [4.78, 5) is 7.83. The van der Waals surface area contributed by atoms with Crippen LogP contribution in [0.15, 0.2) is 182 Å². The van der Waals surface area contributed by atoms with Crippen molar-refractivity contribution in [3.63, 3.8) is 0 Å². The van der Waals surface area contributed by atoms with Crippen LogP contribution < -0.4 is 4.90 Å². The maximum atomic E-state index is 5.37. The molecule has 2 aromatic heterocycles. The molecule has 0 unspecified atom stereocenters. The van der Waals surface area contributed by atoms with Crippen molar-refractivity contribution >= 4 is 81.0 Å². The van der Waals surface area contributed by atoms with Gasteiger partial charge in [-0.15, -0.1) is 11.3 Å². The summed E-state index contributed by atoms with van der Waals surface area (Å²) >= 11 is 1.87. The van der Waals surface area contributed by atoms with Gasteiger partial charge in [0.2, 0.25) is 0 Å². The van der Waals surface area contributed by atoms with Crippen molar-refractivity contribution in [1.82, 2.24) is 4.98 Å². The Morgan fingerprint density at radius 3 is 1.92 bits per heavy atom. The maximum absolute atomic E-state index is 5.37. The molecule has 3 heteroatoms. The number of pyridine rings is 1. The summed E-state index contributed by atoms with van der Waals surface area (Å²) in [6, 6.07) is 65.5. The van der Waals surface area contributed by atoms with Crippen LogP contribution in [0.2, 0.25) is 0 Å². The van der Waals surface area contributed by atoms with Gasteiger partial charge in [-0.25, -0.2) is 4.98 Å². The molecular formula is C47H30N2S. The van der Waals surface area contributed by atoms with Crippen LogP contribution in [0.5, 0.6) is 0 Å². The standard InChI is InChI=1S/C47H30N2S/c1-3-14-31(15-4-1)35-20-13-21-36(28-35)49(37-27-26-32-16-7-8-19-34(32)29-37)42-30-40-44(45-39-23-10-12-25-43(39)50-47(42)45)38-22-9-11-24-41(38)48-46(40)33-17-5-2-6-18-33/h1-30H. The van der Waals surface area contributed by atoms with Crippen LogP contribution in [0, 0.1) is 0 Å². The lowest BCUT2D eigenvalue weighted by molar-refractivity contribution is 1.31. The predicted octanol–water partition coefficient (Wildman–Crippen LogP) is 13.7. The van der Waals surface area contributed by atoms with Crippen LogP contribution in [0.1, 0.15) is 0 Å². The Kier molecular flexibility index (Phi) is 6.71. The number of nitrogens with zero attached hydrogens (tertiary/aromatic N) is 2. The fourth-order valence-electron chi connectivity index (χ4n) is 7.49. The largest absolute Gasteiger partial charge is 0.309 e. The van der Waals surface area contributed by atoms with Gasteiger partial charge in [0.1, 0.15) is 0 Å². The van der Waals surface area contributed by atoms with Crippen molar-refractivity contribution in [2.75, 3.05) is 4.90 Å². The van der Waals surface area contributed by atoms with E-state index in [1.165, 1.54) is 52.8 Å². The van der Waals surface area contributed by atoms with Gasteiger partial charge in [0, 0.05) is 48.6 Å². The fraction of sp³-hybridized carbons (Fsp3) is 0. The lowest BCUT2D eigenvalue weighted by atomic mass is 9.95. The third-order valence-corrected chi connectivity index (χ3v) is 11.0. The molecule has 0 amide bonds. The van der Waals surface area contributed by atoms with E-state index in [1.54, 1.807) is 0 Å². The molecule has 0 aliphatic carbocycles. The van der Waals surface area contributed by atoms with Crippen LogP contribution in [-0.2, 0) is 0 Å². The van der Waals surface area contributed by atoms with E-state index in [0.29, 0.717) is 0 Å². The predicted molar refractivity (Wildman–Crippen MR) is 215 cm³/mol. The first-order valence-electron chi connectivity index (χ1n) is 17.0. The first-order chi connectivity index (χ1) is 24.8. The van der Waals surface area contributed by atoms with Gasteiger partial charge in [-0.05, 0) is 64.4 Å². The van der Waals surface area contributed by atoms with E-state index in [9.17, 15) is 0 Å². The van der Waals surface area contributed by atoms with Crippen molar-refractivity contribution < 1.29 is 0 Å². The number of hydrogen-bond acceptors (Lipinski definition) is 3. The number of para-hydroxylation sites is 1. The average molecular weight is 655 g/mol. The minimum absolute atomic E-state index is 0.995. The Bertz CT molecular complexity index is 2870. The van der Waals surface area contributed by atoms with Gasteiger partial charge >= 0.3 is 0 Å². The van der Waals surface area contributed by atoms with E-state index >= 15 is 0 Å². The van der Waals surface area contributed by atoms with Gasteiger partial charge in [0.05, 0.1) is 21.6 Å². The molecule has 10 aromatic rings. The quantitative estimate of drug-likeness (QED) is 0.172. The Morgan fingerprint density at radius 1 is 0.420 bits per heavy atom. The van der Waals surface area contributed by atoms with Crippen LogP contribution in [0.3, 0.4) is 0 Å². The third-order valence-electron chi connectivity index (χ3n) is 9.78. The highest BCUT2D eigenvalue weighted by atomic mass is 32.1. The van der Waals surface area contributed by atoms with Gasteiger partial charge < -0.3 is 4.90 Å². The Labute approximate surface area is 294 Å². The smallest absolute Gasteiger partial charge is 0.0789 e. The number of anilines is 3. The summed E-state index contributed by atoms with van der Waals surface area (Å²) in [6.07, 6.45) is 0. The fourth-order valence-corrected chi connectivity index (χ4v) is 8.71. The third kappa shape index (κ3) is 4.67. The molecule has 50 heavy (non-hydrogen) atoms. The summed E-state index contributed by atoms with van der Waals surface area (Å²) < 4.78 is 2.53. The van der Waals surface area contributed by atoms with Crippen LogP contribution >= 0.6 is 11.3 Å². The molecule has 234 valence electrons. The summed E-state index contributed by atoms with van der Waals surface area (Å²) in [7, 11) is 0. The molecule has 8 aromatic carbocycles. The van der Waals surface area contributed by atoms with E-state index in [1.807, 2.05) is 11.3 Å². The molecule has 10 rings (SSSR count). The zero-order valence-corrected chi connectivity index (χ0v) is 27.9. The number of rotatable bonds is 5. The molecule has 2 nitrogen and oxygen atoms in total. The number of aromatic nitrogens is 1. The van der Waals surface area contributed by atoms with E-state index in [2.05, 4.69) is 187 Å². The second-order valence-corrected chi connectivity index (χ2v) is 13.8. The van der Waals surface area contributed by atoms with Crippen molar-refractivity contribution in [3.8, 4) is 22.4 Å². The van der Waals surface area contributed by atoms with Crippen molar-refractivity contribution in [2.45, 2.75) is 0 Å². The molecule has 0 aliphatic rings. The second kappa shape index (κ2) is 11.7. The molecule has 0 aliphatic heterocycles. The lowest BCUT2D eigenvalue weighted by Crippen LogP contribution is -2.10. The number of fused-ring (bicyclic) bond motifs is 8. The Morgan fingerprint density at radius 2 is 1.08 bits per heavy atom. The molecule has 0 saturated heterocycles. The van der Waals surface area contributed by atoms with Gasteiger partial charge in [0.15, 0.2) is 0 Å². The minimum atomic E-state index is 0.995. The van der Waals surface area contributed by atoms with Gasteiger partial charge in [-0.1, -0.05) is 140 Å². The lowest BCUT2D eigenvalue weighted by Gasteiger charge is -2.28. The highest BCUT2D eigenvalue weighted by molar-refractivity contribution is 7.26. The zero-order chi connectivity index (χ0) is 33.0. The summed E-state index contributed by atoms with van der Waals surface area (Å²) in [5.41, 5.74) is 8.84. The summed E-state index contributed by atoms with van der Waals surface area (Å²) in [6.45, 7) is 0. The van der Waals surface area contributed by atoms with E-state index < -0.39 is 0 Å². The van der Waals surface area contributed by atoms with Crippen molar-refractivity contribution in [2.24, 2.45) is 0 Å². The number of benzene rings is 8. The van der Waals surface area contributed by atoms with Crippen LogP contribution in [-0.4, -0.2) is 4.98 Å². The molecule has 0 bridgehead atoms. The first-order valence-corrected chi connectivity index (χ1v) is 17.8. The van der Waals surface area contributed by atoms with Crippen LogP contribution in [0.25, 0.3) is 75.0 Å². The van der Waals surface area contributed by atoms with E-state index in [4.69, 9.17) is 4.98 Å². The molecule has 0 radical (unpaired) electrons. The molecule has 0 fully saturated rings. The molecule has 0 atom stereocenters. The summed E-state index contributed by atoms with van der Waals surface area (Å²) in [5.74, 6) is 0. The molecular weight excluding hydrogens is 625 g/mol. The SMILES string of the molecule is c1ccc(-c2cccc(N(c3ccc4ccccc4c3)c3cc4c(-c5ccccc5)nc5ccccc5c4c4c3sc3ccccc34)c2)cc1. The summed E-state index contributed by atoms with van der Waals surface area (Å²) in [5, 5.41) is 8.55. The molecule has 0 spiro atoms. The monoisotopic (exact) mass is 654 g/mol. The van der Waals surface area contributed by atoms with E-state index in [-0.39, 0.29) is 0 Å². The van der Waals surface area contributed by atoms with Gasteiger partial charge in [-0.3, -0.25) is 0 Å². The minimum Gasteiger partial charge on any atom is -0.309 e. The van der Waals surface area contributed by atoms with Gasteiger partial charge in [-0.2, -0.15) is 0 Å².